The highest BCUT2D eigenvalue weighted by atomic mass is 28.4. The van der Waals surface area contributed by atoms with Gasteiger partial charge in [-0.1, -0.05) is 64.3 Å². The lowest BCUT2D eigenvalue weighted by Crippen LogP contribution is -2.44. The molecule has 1 aliphatic heterocycles. The van der Waals surface area contributed by atoms with Crippen molar-refractivity contribution < 1.29 is 14.3 Å². The van der Waals surface area contributed by atoms with Gasteiger partial charge in [0.1, 0.15) is 0 Å². The summed E-state index contributed by atoms with van der Waals surface area (Å²) in [6.45, 7) is 15.6. The lowest BCUT2D eigenvalue weighted by atomic mass is 9.91. The van der Waals surface area contributed by atoms with Crippen molar-refractivity contribution in [2.24, 2.45) is 5.92 Å². The molecule has 5 heteroatoms. The van der Waals surface area contributed by atoms with Crippen LogP contribution in [0.5, 0.6) is 0 Å². The quantitative estimate of drug-likeness (QED) is 0.506. The van der Waals surface area contributed by atoms with Gasteiger partial charge in [-0.2, -0.15) is 0 Å². The zero-order valence-electron chi connectivity index (χ0n) is 19.4. The molecule has 0 aromatic carbocycles. The molecule has 1 amide bonds. The van der Waals surface area contributed by atoms with Crippen molar-refractivity contribution in [3.8, 4) is 0 Å². The molecular weight excluding hydrogens is 366 g/mol. The van der Waals surface area contributed by atoms with E-state index in [1.807, 2.05) is 24.9 Å². The van der Waals surface area contributed by atoms with Gasteiger partial charge in [-0.25, -0.2) is 0 Å². The minimum Gasteiger partial charge on any atom is -0.411 e. The zero-order valence-corrected chi connectivity index (χ0v) is 20.4. The van der Waals surface area contributed by atoms with E-state index in [0.29, 0.717) is 6.42 Å². The molecule has 0 saturated heterocycles. The Balaban J connectivity index is 3.14. The summed E-state index contributed by atoms with van der Waals surface area (Å²) in [6.07, 6.45) is 11.0. The van der Waals surface area contributed by atoms with E-state index in [0.717, 1.165) is 31.3 Å². The highest BCUT2D eigenvalue weighted by Gasteiger charge is 2.38. The van der Waals surface area contributed by atoms with Crippen molar-refractivity contribution in [1.82, 2.24) is 4.90 Å². The molecule has 1 heterocycles. The Labute approximate surface area is 174 Å². The molecule has 2 unspecified atom stereocenters. The predicted molar refractivity (Wildman–Crippen MR) is 121 cm³/mol. The average Bonchev–Trinajstić information content (AvgIpc) is 2.57. The van der Waals surface area contributed by atoms with Gasteiger partial charge in [0.25, 0.3) is 0 Å². The third-order valence-corrected chi connectivity index (χ3v) is 11.0. The molecule has 1 N–H and O–H groups in total. The molecule has 0 bridgehead atoms. The highest BCUT2D eigenvalue weighted by Crippen LogP contribution is 2.38. The summed E-state index contributed by atoms with van der Waals surface area (Å²) in [7, 11) is 0.0494. The first-order valence-electron chi connectivity index (χ1n) is 10.8. The first-order chi connectivity index (χ1) is 12.9. The number of aliphatic hydroxyl groups excluding tert-OH is 1. The lowest BCUT2D eigenvalue weighted by molar-refractivity contribution is -0.132. The summed E-state index contributed by atoms with van der Waals surface area (Å²) >= 11 is 0. The van der Waals surface area contributed by atoms with E-state index >= 15 is 0 Å². The van der Waals surface area contributed by atoms with E-state index in [4.69, 9.17) is 4.43 Å². The van der Waals surface area contributed by atoms with E-state index in [9.17, 15) is 9.90 Å². The first kappa shape index (κ1) is 25.1. The van der Waals surface area contributed by atoms with Crippen LogP contribution < -0.4 is 0 Å². The first-order valence-corrected chi connectivity index (χ1v) is 13.7. The Morgan fingerprint density at radius 1 is 1.29 bits per heavy atom. The molecule has 0 saturated carbocycles. The van der Waals surface area contributed by atoms with Crippen molar-refractivity contribution in [2.75, 3.05) is 13.7 Å². The molecule has 0 aromatic rings. The molecule has 0 spiro atoms. The Hall–Kier alpha value is -0.913. The Morgan fingerprint density at radius 2 is 1.93 bits per heavy atom. The minimum atomic E-state index is -1.84. The van der Waals surface area contributed by atoms with Gasteiger partial charge in [0, 0.05) is 13.5 Å². The highest BCUT2D eigenvalue weighted by molar-refractivity contribution is 6.74. The van der Waals surface area contributed by atoms with Crippen molar-refractivity contribution in [3.63, 3.8) is 0 Å². The van der Waals surface area contributed by atoms with Crippen LogP contribution in [0.1, 0.15) is 66.7 Å². The normalized spacial score (nSPS) is 27.9. The van der Waals surface area contributed by atoms with Crippen LogP contribution in [0.25, 0.3) is 0 Å². The van der Waals surface area contributed by atoms with Gasteiger partial charge in [0.05, 0.1) is 18.8 Å². The van der Waals surface area contributed by atoms with Gasteiger partial charge >= 0.3 is 0 Å². The third kappa shape index (κ3) is 7.16. The van der Waals surface area contributed by atoms with Crippen LogP contribution in [0.2, 0.25) is 18.1 Å². The van der Waals surface area contributed by atoms with Crippen LogP contribution in [0, 0.1) is 5.92 Å². The second-order valence-electron chi connectivity index (χ2n) is 9.84. The zero-order chi connectivity index (χ0) is 21.5. The van der Waals surface area contributed by atoms with Gasteiger partial charge in [-0.15, -0.1) is 0 Å². The number of hydrogen-bond acceptors (Lipinski definition) is 3. The summed E-state index contributed by atoms with van der Waals surface area (Å²) < 4.78 is 6.70. The summed E-state index contributed by atoms with van der Waals surface area (Å²) in [5.74, 6) is 0.340. The summed E-state index contributed by atoms with van der Waals surface area (Å²) in [5.41, 5.74) is 1.04. The third-order valence-electron chi connectivity index (χ3n) is 6.45. The molecule has 1 rings (SSSR count). The number of carbonyl (C=O) groups is 1. The van der Waals surface area contributed by atoms with E-state index < -0.39 is 8.32 Å². The standard InChI is InChI=1S/C23H43NO3Si/c1-18-14-15-20(27-28(7,8)23(3,4)5)12-10-9-11-13-21(26)24(6)22(18)19(2)16-17-25/h14-16,18,20,22,25H,9-13,17H2,1-8H3/b15-14+,19-16+/t18-,20?,22?/m0/s1. The second kappa shape index (κ2) is 10.7. The molecule has 4 nitrogen and oxygen atoms in total. The maximum atomic E-state index is 12.7. The van der Waals surface area contributed by atoms with Gasteiger partial charge in [0.2, 0.25) is 5.91 Å². The number of nitrogens with zero attached hydrogens (tertiary/aromatic N) is 1. The number of likely N-dealkylation sites (N-methyl/N-ethyl adjacent to an activating group) is 1. The average molecular weight is 410 g/mol. The lowest BCUT2D eigenvalue weighted by Gasteiger charge is -2.39. The van der Waals surface area contributed by atoms with Crippen LogP contribution >= 0.6 is 0 Å². The largest absolute Gasteiger partial charge is 0.411 e. The number of aliphatic hydroxyl groups is 1. The van der Waals surface area contributed by atoms with Crippen molar-refractivity contribution in [1.29, 1.82) is 0 Å². The summed E-state index contributed by atoms with van der Waals surface area (Å²) in [4.78, 5) is 14.5. The van der Waals surface area contributed by atoms with Crippen molar-refractivity contribution >= 4 is 14.2 Å². The van der Waals surface area contributed by atoms with Crippen LogP contribution in [-0.2, 0) is 9.22 Å². The van der Waals surface area contributed by atoms with E-state index in [-0.39, 0.29) is 35.6 Å². The molecule has 28 heavy (non-hydrogen) atoms. The maximum Gasteiger partial charge on any atom is 0.222 e. The molecule has 0 aliphatic carbocycles. The SMILES string of the molecule is C/C(=C\CO)C1[C@@H](C)/C=C/C(O[Si](C)(C)C(C)(C)C)CCCCCC(=O)N1C. The molecular formula is C23H43NO3Si. The predicted octanol–water partition coefficient (Wildman–Crippen LogP) is 5.30. The maximum absolute atomic E-state index is 12.7. The number of rotatable bonds is 4. The van der Waals surface area contributed by atoms with Crippen LogP contribution in [0.4, 0.5) is 0 Å². The number of carbonyl (C=O) groups excluding carboxylic acids is 1. The van der Waals surface area contributed by atoms with E-state index in [1.165, 1.54) is 0 Å². The smallest absolute Gasteiger partial charge is 0.222 e. The van der Waals surface area contributed by atoms with Crippen LogP contribution in [0.15, 0.2) is 23.8 Å². The fourth-order valence-corrected chi connectivity index (χ4v) is 4.93. The van der Waals surface area contributed by atoms with Gasteiger partial charge in [-0.05, 0) is 43.8 Å². The summed E-state index contributed by atoms with van der Waals surface area (Å²) in [5, 5.41) is 9.53. The van der Waals surface area contributed by atoms with Gasteiger partial charge in [-0.3, -0.25) is 4.79 Å². The molecule has 162 valence electrons. The Morgan fingerprint density at radius 3 is 2.50 bits per heavy atom. The minimum absolute atomic E-state index is 0.00208. The summed E-state index contributed by atoms with van der Waals surface area (Å²) in [6, 6.07) is -0.0381. The second-order valence-corrected chi connectivity index (χ2v) is 14.6. The van der Waals surface area contributed by atoms with E-state index in [2.05, 4.69) is 52.9 Å². The monoisotopic (exact) mass is 409 g/mol. The van der Waals surface area contributed by atoms with Crippen molar-refractivity contribution in [2.45, 2.75) is 97.0 Å². The molecule has 1 aliphatic rings. The van der Waals surface area contributed by atoms with Gasteiger partial charge < -0.3 is 14.4 Å². The van der Waals surface area contributed by atoms with Crippen LogP contribution in [0.3, 0.4) is 0 Å². The van der Waals surface area contributed by atoms with Crippen LogP contribution in [-0.4, -0.2) is 50.0 Å². The molecule has 0 radical (unpaired) electrons. The van der Waals surface area contributed by atoms with E-state index in [1.54, 1.807) is 0 Å². The Bertz CT molecular complexity index is 563. The fraction of sp³-hybridized carbons (Fsp3) is 0.783. The molecule has 3 atom stereocenters. The Kier molecular flexibility index (Phi) is 9.64. The number of amides is 1. The number of hydrogen-bond donors (Lipinski definition) is 1. The molecule has 0 aromatic heterocycles. The topological polar surface area (TPSA) is 49.8 Å². The molecule has 0 fully saturated rings. The fourth-order valence-electron chi connectivity index (χ4n) is 3.62. The van der Waals surface area contributed by atoms with Crippen molar-refractivity contribution in [3.05, 3.63) is 23.8 Å². The van der Waals surface area contributed by atoms with Gasteiger partial charge in [0.15, 0.2) is 8.32 Å².